The quantitative estimate of drug-likeness (QED) is 0.442. The lowest BCUT2D eigenvalue weighted by molar-refractivity contribution is -0.119. The highest BCUT2D eigenvalue weighted by Crippen LogP contribution is 2.26. The molecule has 0 bridgehead atoms. The number of nitrogens with zero attached hydrogens (tertiary/aromatic N) is 3. The number of fused-ring (bicyclic) bond motifs is 1. The number of amides is 5. The molecule has 3 fully saturated rings. The first-order chi connectivity index (χ1) is 19.8. The van der Waals surface area contributed by atoms with Crippen LogP contribution in [-0.4, -0.2) is 90.9 Å². The Hall–Kier alpha value is -4.36. The first-order valence-corrected chi connectivity index (χ1v) is 14.0. The van der Waals surface area contributed by atoms with Crippen LogP contribution in [0.4, 0.5) is 4.79 Å². The lowest BCUT2D eigenvalue weighted by Crippen LogP contribution is -2.51. The van der Waals surface area contributed by atoms with Gasteiger partial charge < -0.3 is 19.9 Å². The van der Waals surface area contributed by atoms with Crippen molar-refractivity contribution in [2.24, 2.45) is 0 Å². The van der Waals surface area contributed by atoms with Crippen LogP contribution in [0, 0.1) is 11.8 Å². The van der Waals surface area contributed by atoms with Gasteiger partial charge in [-0.25, -0.2) is 4.79 Å². The third-order valence-electron chi connectivity index (χ3n) is 8.01. The van der Waals surface area contributed by atoms with Crippen LogP contribution in [-0.2, 0) is 11.3 Å². The monoisotopic (exact) mass is 557 g/mol. The summed E-state index contributed by atoms with van der Waals surface area (Å²) < 4.78 is 5.05. The van der Waals surface area contributed by atoms with Gasteiger partial charge in [0.1, 0.15) is 5.75 Å². The Morgan fingerprint density at radius 2 is 1.68 bits per heavy atom. The molecule has 2 aromatic rings. The molecule has 4 aliphatic rings. The molecular weight excluding hydrogens is 522 g/mol. The molecule has 1 aliphatic carbocycles. The molecule has 0 spiro atoms. The van der Waals surface area contributed by atoms with Crippen LogP contribution in [0.2, 0.25) is 0 Å². The number of urea groups is 1. The van der Waals surface area contributed by atoms with E-state index in [2.05, 4.69) is 27.4 Å². The summed E-state index contributed by atoms with van der Waals surface area (Å²) in [4.78, 5) is 53.0. The standard InChI is InChI=1S/C21H24N4O3.C10H11NO2/c26-19-18(22-21(28)23-19)10-7-15-5-8-16(9-6-15)20(27)25-13-11-24(12-14-25)17-3-1-2-4-17;1-11-6-7-3-4-8(13-2)5-9(7)10(11)12/h5-6,8-9,17-18H,1-4,11-14H2,(H2,22,23,26,28);3-5H,6H2,1-2H3. The molecule has 10 nitrogen and oxygen atoms in total. The SMILES string of the molecule is COc1ccc2c(c1)C(=O)N(C)C2.O=C1NC(=O)C(C#Cc2ccc(C(=O)N3CCN(C4CCCC4)CC3)cc2)N1. The number of hydrogen-bond acceptors (Lipinski definition) is 6. The normalized spacial score (nSPS) is 20.4. The van der Waals surface area contributed by atoms with E-state index >= 15 is 0 Å². The summed E-state index contributed by atoms with van der Waals surface area (Å²) in [5.41, 5.74) is 3.18. The molecular formula is C31H35N5O5. The Balaban J connectivity index is 0.000000216. The van der Waals surface area contributed by atoms with E-state index < -0.39 is 18.0 Å². The Morgan fingerprint density at radius 3 is 2.32 bits per heavy atom. The van der Waals surface area contributed by atoms with Gasteiger partial charge in [-0.05, 0) is 54.8 Å². The number of ether oxygens (including phenoxy) is 1. The van der Waals surface area contributed by atoms with Gasteiger partial charge in [0.05, 0.1) is 7.11 Å². The molecule has 3 heterocycles. The summed E-state index contributed by atoms with van der Waals surface area (Å²) in [5, 5.41) is 4.57. The number of benzene rings is 2. The van der Waals surface area contributed by atoms with Gasteiger partial charge in [0.15, 0.2) is 6.04 Å². The van der Waals surface area contributed by atoms with Crippen molar-refractivity contribution in [2.45, 2.75) is 44.3 Å². The minimum absolute atomic E-state index is 0.0491. The molecule has 1 saturated carbocycles. The second-order valence-electron chi connectivity index (χ2n) is 10.7. The molecule has 0 radical (unpaired) electrons. The zero-order valence-electron chi connectivity index (χ0n) is 23.4. The van der Waals surface area contributed by atoms with Crippen LogP contribution < -0.4 is 15.4 Å². The van der Waals surface area contributed by atoms with E-state index in [1.54, 1.807) is 49.4 Å². The number of methoxy groups -OCH3 is 1. The minimum Gasteiger partial charge on any atom is -0.497 e. The van der Waals surface area contributed by atoms with Crippen LogP contribution in [0.5, 0.6) is 5.75 Å². The van der Waals surface area contributed by atoms with Crippen molar-refractivity contribution in [1.29, 1.82) is 0 Å². The molecule has 1 atom stereocenters. The van der Waals surface area contributed by atoms with Gasteiger partial charge in [0, 0.05) is 62.5 Å². The van der Waals surface area contributed by atoms with Gasteiger partial charge >= 0.3 is 6.03 Å². The molecule has 5 amide bonds. The van der Waals surface area contributed by atoms with Crippen molar-refractivity contribution in [1.82, 2.24) is 25.3 Å². The average Bonchev–Trinajstić information content (AvgIpc) is 3.72. The van der Waals surface area contributed by atoms with Crippen molar-refractivity contribution >= 4 is 23.8 Å². The van der Waals surface area contributed by atoms with Gasteiger partial charge in [-0.1, -0.05) is 30.7 Å². The fraction of sp³-hybridized carbons (Fsp3) is 0.419. The van der Waals surface area contributed by atoms with Crippen molar-refractivity contribution in [3.63, 3.8) is 0 Å². The molecule has 1 unspecified atom stereocenters. The highest BCUT2D eigenvalue weighted by molar-refractivity contribution is 6.06. The number of carbonyl (C=O) groups excluding carboxylic acids is 4. The van der Waals surface area contributed by atoms with Crippen molar-refractivity contribution < 1.29 is 23.9 Å². The number of nitrogens with one attached hydrogen (secondary N) is 2. The Morgan fingerprint density at radius 1 is 0.976 bits per heavy atom. The van der Waals surface area contributed by atoms with Gasteiger partial charge in [-0.15, -0.1) is 0 Å². The van der Waals surface area contributed by atoms with Crippen molar-refractivity contribution in [3.8, 4) is 17.6 Å². The molecule has 0 aromatic heterocycles. The lowest BCUT2D eigenvalue weighted by Gasteiger charge is -2.38. The van der Waals surface area contributed by atoms with Crippen LogP contribution in [0.25, 0.3) is 0 Å². The highest BCUT2D eigenvalue weighted by atomic mass is 16.5. The highest BCUT2D eigenvalue weighted by Gasteiger charge is 2.29. The summed E-state index contributed by atoms with van der Waals surface area (Å²) in [6.07, 6.45) is 5.25. The van der Waals surface area contributed by atoms with E-state index in [1.807, 2.05) is 17.0 Å². The van der Waals surface area contributed by atoms with Gasteiger partial charge in [0.2, 0.25) is 0 Å². The first-order valence-electron chi connectivity index (χ1n) is 14.0. The maximum absolute atomic E-state index is 12.8. The third kappa shape index (κ3) is 6.52. The summed E-state index contributed by atoms with van der Waals surface area (Å²) >= 11 is 0. The molecule has 2 aromatic carbocycles. The Labute approximate surface area is 240 Å². The summed E-state index contributed by atoms with van der Waals surface area (Å²) in [5.74, 6) is 6.01. The average molecular weight is 558 g/mol. The van der Waals surface area contributed by atoms with Crippen LogP contribution in [0.3, 0.4) is 0 Å². The van der Waals surface area contributed by atoms with Gasteiger partial charge in [0.25, 0.3) is 17.7 Å². The molecule has 41 heavy (non-hydrogen) atoms. The van der Waals surface area contributed by atoms with Crippen LogP contribution in [0.1, 0.15) is 57.5 Å². The maximum atomic E-state index is 12.8. The summed E-state index contributed by atoms with van der Waals surface area (Å²) in [6.45, 7) is 4.16. The van der Waals surface area contributed by atoms with Gasteiger partial charge in [-0.3, -0.25) is 24.6 Å². The van der Waals surface area contributed by atoms with Gasteiger partial charge in [-0.2, -0.15) is 0 Å². The predicted molar refractivity (Wildman–Crippen MR) is 152 cm³/mol. The molecule has 3 aliphatic heterocycles. The zero-order valence-corrected chi connectivity index (χ0v) is 23.4. The molecule has 2 saturated heterocycles. The van der Waals surface area contributed by atoms with E-state index in [-0.39, 0.29) is 11.8 Å². The van der Waals surface area contributed by atoms with E-state index in [9.17, 15) is 19.2 Å². The molecule has 6 rings (SSSR count). The zero-order chi connectivity index (χ0) is 28.9. The van der Waals surface area contributed by atoms with Crippen LogP contribution >= 0.6 is 0 Å². The Bertz CT molecular complexity index is 1380. The third-order valence-corrected chi connectivity index (χ3v) is 8.01. The number of carbonyl (C=O) groups is 4. The molecule has 214 valence electrons. The molecule has 2 N–H and O–H groups in total. The largest absolute Gasteiger partial charge is 0.497 e. The van der Waals surface area contributed by atoms with Crippen molar-refractivity contribution in [3.05, 3.63) is 64.7 Å². The minimum atomic E-state index is -0.829. The Kier molecular flexibility index (Phi) is 8.55. The number of imide groups is 1. The molecule has 10 heteroatoms. The van der Waals surface area contributed by atoms with E-state index in [1.165, 1.54) is 25.7 Å². The second-order valence-corrected chi connectivity index (χ2v) is 10.7. The number of hydrogen-bond donors (Lipinski definition) is 2. The van der Waals surface area contributed by atoms with E-state index in [4.69, 9.17) is 4.74 Å². The first kappa shape index (κ1) is 28.2. The predicted octanol–water partition coefficient (Wildman–Crippen LogP) is 2.23. The second kappa shape index (κ2) is 12.4. The summed E-state index contributed by atoms with van der Waals surface area (Å²) in [6, 6.07) is 12.0. The summed E-state index contributed by atoms with van der Waals surface area (Å²) in [7, 11) is 3.40. The number of piperazine rings is 1. The number of rotatable bonds is 3. The van der Waals surface area contributed by atoms with Crippen LogP contribution in [0.15, 0.2) is 42.5 Å². The fourth-order valence-corrected chi connectivity index (χ4v) is 5.66. The lowest BCUT2D eigenvalue weighted by atomic mass is 10.1. The van der Waals surface area contributed by atoms with Crippen molar-refractivity contribution in [2.75, 3.05) is 40.3 Å². The fourth-order valence-electron chi connectivity index (χ4n) is 5.66. The smallest absolute Gasteiger partial charge is 0.322 e. The van der Waals surface area contributed by atoms with E-state index in [0.717, 1.165) is 43.1 Å². The topological polar surface area (TPSA) is 111 Å². The van der Waals surface area contributed by atoms with E-state index in [0.29, 0.717) is 23.7 Å². The maximum Gasteiger partial charge on any atom is 0.322 e.